The van der Waals surface area contributed by atoms with Crippen LogP contribution in [0.15, 0.2) is 0 Å². The molecule has 4 heteroatoms. The van der Waals surface area contributed by atoms with E-state index in [1.807, 2.05) is 11.8 Å². The van der Waals surface area contributed by atoms with Crippen molar-refractivity contribution in [2.45, 2.75) is 44.3 Å². The van der Waals surface area contributed by atoms with Gasteiger partial charge in [-0.1, -0.05) is 6.92 Å². The second-order valence-corrected chi connectivity index (χ2v) is 6.19. The summed E-state index contributed by atoms with van der Waals surface area (Å²) < 4.78 is 0. The van der Waals surface area contributed by atoms with E-state index >= 15 is 0 Å². The van der Waals surface area contributed by atoms with Crippen LogP contribution < -0.4 is 5.73 Å². The van der Waals surface area contributed by atoms with Crippen molar-refractivity contribution in [2.24, 2.45) is 11.7 Å². The lowest BCUT2D eigenvalue weighted by Gasteiger charge is -2.21. The molecule has 2 atom stereocenters. The molecule has 0 aromatic carbocycles. The van der Waals surface area contributed by atoms with E-state index in [0.717, 1.165) is 37.6 Å². The predicted molar refractivity (Wildman–Crippen MR) is 75.2 cm³/mol. The molecule has 1 amide bonds. The lowest BCUT2D eigenvalue weighted by molar-refractivity contribution is -0.131. The van der Waals surface area contributed by atoms with Crippen LogP contribution in [0, 0.1) is 5.92 Å². The van der Waals surface area contributed by atoms with Crippen LogP contribution >= 0.6 is 11.8 Å². The third kappa shape index (κ3) is 5.30. The minimum absolute atomic E-state index is 0.326. The Balaban J connectivity index is 2.31. The van der Waals surface area contributed by atoms with Gasteiger partial charge in [0.15, 0.2) is 0 Å². The zero-order valence-electron chi connectivity index (χ0n) is 11.2. The minimum atomic E-state index is 0.326. The van der Waals surface area contributed by atoms with Crippen molar-refractivity contribution in [2.75, 3.05) is 25.9 Å². The van der Waals surface area contributed by atoms with Crippen molar-refractivity contribution in [3.63, 3.8) is 0 Å². The Bertz CT molecular complexity index is 235. The second-order valence-electron chi connectivity index (χ2n) is 5.05. The number of thioether (sulfide) groups is 1. The fourth-order valence-electron chi connectivity index (χ4n) is 2.20. The van der Waals surface area contributed by atoms with Gasteiger partial charge in [-0.15, -0.1) is 0 Å². The van der Waals surface area contributed by atoms with E-state index in [2.05, 4.69) is 18.1 Å². The van der Waals surface area contributed by atoms with Crippen molar-refractivity contribution >= 4 is 17.7 Å². The van der Waals surface area contributed by atoms with Crippen molar-refractivity contribution in [1.82, 2.24) is 4.90 Å². The largest absolute Gasteiger partial charge is 0.343 e. The van der Waals surface area contributed by atoms with Crippen LogP contribution in [0.4, 0.5) is 0 Å². The molecule has 0 bridgehead atoms. The van der Waals surface area contributed by atoms with E-state index in [-0.39, 0.29) is 0 Å². The van der Waals surface area contributed by atoms with Crippen LogP contribution in [0.25, 0.3) is 0 Å². The molecule has 0 radical (unpaired) electrons. The summed E-state index contributed by atoms with van der Waals surface area (Å²) in [5, 5.41) is 0.746. The van der Waals surface area contributed by atoms with Gasteiger partial charge >= 0.3 is 0 Å². The molecule has 1 heterocycles. The van der Waals surface area contributed by atoms with Crippen LogP contribution in [-0.2, 0) is 4.79 Å². The van der Waals surface area contributed by atoms with Gasteiger partial charge in [0.1, 0.15) is 0 Å². The fraction of sp³-hybridized carbons (Fsp3) is 0.923. The topological polar surface area (TPSA) is 46.3 Å². The molecule has 1 fully saturated rings. The highest BCUT2D eigenvalue weighted by Gasteiger charge is 2.19. The third-order valence-corrected chi connectivity index (χ3v) is 4.75. The third-order valence-electron chi connectivity index (χ3n) is 3.61. The molecule has 0 aromatic heterocycles. The SMILES string of the molecule is CSC1CCCN(C(=O)CCC(C)CN)CC1. The molecule has 0 aliphatic carbocycles. The summed E-state index contributed by atoms with van der Waals surface area (Å²) in [5.74, 6) is 0.789. The smallest absolute Gasteiger partial charge is 0.222 e. The first-order valence-corrected chi connectivity index (χ1v) is 7.96. The Hall–Kier alpha value is -0.220. The first-order valence-electron chi connectivity index (χ1n) is 6.68. The van der Waals surface area contributed by atoms with Gasteiger partial charge in [-0.3, -0.25) is 4.79 Å². The zero-order chi connectivity index (χ0) is 12.7. The molecule has 1 rings (SSSR count). The highest BCUT2D eigenvalue weighted by Crippen LogP contribution is 2.21. The molecule has 2 unspecified atom stereocenters. The molecule has 2 N–H and O–H groups in total. The fourth-order valence-corrected chi connectivity index (χ4v) is 2.94. The maximum atomic E-state index is 12.0. The Labute approximate surface area is 109 Å². The van der Waals surface area contributed by atoms with Crippen molar-refractivity contribution < 1.29 is 4.79 Å². The predicted octanol–water partition coefficient (Wildman–Crippen LogP) is 2.11. The van der Waals surface area contributed by atoms with Gasteiger partial charge in [-0.2, -0.15) is 11.8 Å². The highest BCUT2D eigenvalue weighted by atomic mass is 32.2. The van der Waals surface area contributed by atoms with Crippen LogP contribution in [0.1, 0.15) is 39.0 Å². The number of nitrogens with two attached hydrogens (primary N) is 1. The number of carbonyl (C=O) groups excluding carboxylic acids is 1. The van der Waals surface area contributed by atoms with E-state index in [1.165, 1.54) is 6.42 Å². The first-order chi connectivity index (χ1) is 8.17. The van der Waals surface area contributed by atoms with Crippen LogP contribution in [0.3, 0.4) is 0 Å². The average Bonchev–Trinajstić information content (AvgIpc) is 2.60. The number of likely N-dealkylation sites (tertiary alicyclic amines) is 1. The van der Waals surface area contributed by atoms with Gasteiger partial charge in [0.25, 0.3) is 0 Å². The molecule has 0 aromatic rings. The lowest BCUT2D eigenvalue weighted by Crippen LogP contribution is -2.32. The number of hydrogen-bond acceptors (Lipinski definition) is 3. The molecule has 1 aliphatic heterocycles. The normalized spacial score (nSPS) is 23.2. The van der Waals surface area contributed by atoms with Gasteiger partial charge in [0.05, 0.1) is 0 Å². The number of carbonyl (C=O) groups is 1. The summed E-state index contributed by atoms with van der Waals surface area (Å²) in [6, 6.07) is 0. The van der Waals surface area contributed by atoms with Gasteiger partial charge in [-0.25, -0.2) is 0 Å². The summed E-state index contributed by atoms with van der Waals surface area (Å²) in [6.07, 6.45) is 7.33. The molecule has 100 valence electrons. The molecule has 1 aliphatic rings. The van der Waals surface area contributed by atoms with E-state index < -0.39 is 0 Å². The minimum Gasteiger partial charge on any atom is -0.343 e. The second kappa shape index (κ2) is 7.98. The highest BCUT2D eigenvalue weighted by molar-refractivity contribution is 7.99. The van der Waals surface area contributed by atoms with E-state index in [0.29, 0.717) is 24.8 Å². The van der Waals surface area contributed by atoms with E-state index in [4.69, 9.17) is 5.73 Å². The summed E-state index contributed by atoms with van der Waals surface area (Å²) in [7, 11) is 0. The average molecular weight is 258 g/mol. The molecular formula is C13H26N2OS. The first kappa shape index (κ1) is 14.8. The summed E-state index contributed by atoms with van der Waals surface area (Å²) in [6.45, 7) is 4.69. The maximum Gasteiger partial charge on any atom is 0.222 e. The molecule has 17 heavy (non-hydrogen) atoms. The molecule has 1 saturated heterocycles. The number of hydrogen-bond donors (Lipinski definition) is 1. The van der Waals surface area contributed by atoms with Crippen LogP contribution in [0.5, 0.6) is 0 Å². The quantitative estimate of drug-likeness (QED) is 0.821. The monoisotopic (exact) mass is 258 g/mol. The van der Waals surface area contributed by atoms with E-state index in [1.54, 1.807) is 0 Å². The zero-order valence-corrected chi connectivity index (χ0v) is 12.0. The van der Waals surface area contributed by atoms with Gasteiger partial charge in [0, 0.05) is 24.8 Å². The standard InChI is InChI=1S/C13H26N2OS/c1-11(10-14)5-6-13(16)15-8-3-4-12(17-2)7-9-15/h11-12H,3-10,14H2,1-2H3. The summed E-state index contributed by atoms with van der Waals surface area (Å²) in [5.41, 5.74) is 5.57. The van der Waals surface area contributed by atoms with Crippen molar-refractivity contribution in [3.05, 3.63) is 0 Å². The number of amides is 1. The maximum absolute atomic E-state index is 12.0. The Morgan fingerprint density at radius 3 is 2.88 bits per heavy atom. The molecule has 3 nitrogen and oxygen atoms in total. The number of nitrogens with zero attached hydrogens (tertiary/aromatic N) is 1. The number of rotatable bonds is 5. The van der Waals surface area contributed by atoms with Gasteiger partial charge in [-0.05, 0) is 44.4 Å². The summed E-state index contributed by atoms with van der Waals surface area (Å²) >= 11 is 1.94. The summed E-state index contributed by atoms with van der Waals surface area (Å²) in [4.78, 5) is 14.1. The Kier molecular flexibility index (Phi) is 6.97. The van der Waals surface area contributed by atoms with Gasteiger partial charge in [0.2, 0.25) is 5.91 Å². The Morgan fingerprint density at radius 1 is 1.47 bits per heavy atom. The lowest BCUT2D eigenvalue weighted by atomic mass is 10.1. The van der Waals surface area contributed by atoms with Crippen molar-refractivity contribution in [1.29, 1.82) is 0 Å². The van der Waals surface area contributed by atoms with E-state index in [9.17, 15) is 4.79 Å². The Morgan fingerprint density at radius 2 is 2.24 bits per heavy atom. The van der Waals surface area contributed by atoms with Crippen LogP contribution in [-0.4, -0.2) is 41.9 Å². The van der Waals surface area contributed by atoms with Crippen LogP contribution in [0.2, 0.25) is 0 Å². The molecular weight excluding hydrogens is 232 g/mol. The molecule has 0 saturated carbocycles. The van der Waals surface area contributed by atoms with Crippen molar-refractivity contribution in [3.8, 4) is 0 Å². The molecule has 0 spiro atoms. The van der Waals surface area contributed by atoms with Gasteiger partial charge < -0.3 is 10.6 Å².